The quantitative estimate of drug-likeness (QED) is 0.115. The number of cyclic esters (lactones) is 1. The van der Waals surface area contributed by atoms with Crippen molar-refractivity contribution in [3.05, 3.63) is 105 Å². The number of hydrogen-bond acceptors (Lipinski definition) is 14. The van der Waals surface area contributed by atoms with Gasteiger partial charge in [-0.3, -0.25) is 23.9 Å². The lowest BCUT2D eigenvalue weighted by molar-refractivity contribution is -0.173. The Kier molecular flexibility index (Phi) is 11.7. The first-order chi connectivity index (χ1) is 33.7. The molecule has 7 heterocycles. The molecule has 3 aromatic heterocycles. The summed E-state index contributed by atoms with van der Waals surface area (Å²) >= 11 is 0. The maximum Gasteiger partial charge on any atom is 0.411 e. The first-order valence-corrected chi connectivity index (χ1v) is 23.6. The summed E-state index contributed by atoms with van der Waals surface area (Å²) in [5.41, 5.74) is 1.89. The van der Waals surface area contributed by atoms with Crippen LogP contribution in [0.4, 0.5) is 4.79 Å². The molecule has 0 unspecified atom stereocenters. The molecule has 19 heteroatoms. The predicted molar refractivity (Wildman–Crippen MR) is 253 cm³/mol. The SMILES string of the molecule is CCNC(=O)c1nnc(-c2cc(C(C)C)c(O)cc2O)n1-c1ccc(OC2CCN(C(=O)[C@@H]3CCCN3C(=O)O[C@]3(CC)C(=O)OCc4c3cc3n(c4=O)Cc4cc5cc(O)ccc5nc4-3)CC2)cc1. The molecule has 0 spiro atoms. The zero-order valence-corrected chi connectivity index (χ0v) is 39.1. The molecule has 0 bridgehead atoms. The number of nitrogens with one attached hydrogen (secondary N) is 1. The molecule has 70 heavy (non-hydrogen) atoms. The van der Waals surface area contributed by atoms with Gasteiger partial charge in [-0.1, -0.05) is 20.8 Å². The number of rotatable bonds is 10. The molecular weight excluding hydrogens is 901 g/mol. The van der Waals surface area contributed by atoms with Crippen molar-refractivity contribution < 1.29 is 48.7 Å². The Morgan fingerprint density at radius 3 is 2.41 bits per heavy atom. The van der Waals surface area contributed by atoms with Gasteiger partial charge in [0.2, 0.25) is 17.3 Å². The maximum absolute atomic E-state index is 14.3. The molecule has 0 aliphatic carbocycles. The minimum absolute atomic E-state index is 0.00386. The van der Waals surface area contributed by atoms with Crippen molar-refractivity contribution in [2.75, 3.05) is 26.2 Å². The van der Waals surface area contributed by atoms with Crippen molar-refractivity contribution >= 4 is 34.8 Å². The van der Waals surface area contributed by atoms with E-state index in [-0.39, 0.29) is 95.2 Å². The van der Waals surface area contributed by atoms with Crippen LogP contribution in [0.15, 0.2) is 71.5 Å². The number of likely N-dealkylation sites (tertiary alicyclic amines) is 2. The number of hydrogen-bond donors (Lipinski definition) is 4. The highest BCUT2D eigenvalue weighted by Crippen LogP contribution is 2.43. The van der Waals surface area contributed by atoms with Gasteiger partial charge in [0.1, 0.15) is 41.8 Å². The number of phenolic OH excluding ortho intramolecular Hbond substituents is 3. The van der Waals surface area contributed by atoms with E-state index in [1.165, 1.54) is 17.0 Å². The van der Waals surface area contributed by atoms with E-state index >= 15 is 0 Å². The Morgan fingerprint density at radius 2 is 1.69 bits per heavy atom. The summed E-state index contributed by atoms with van der Waals surface area (Å²) < 4.78 is 21.2. The molecule has 4 N–H and O–H groups in total. The third-order valence-corrected chi connectivity index (χ3v) is 13.9. The van der Waals surface area contributed by atoms with E-state index in [2.05, 4.69) is 15.5 Å². The molecule has 0 saturated carbocycles. The monoisotopic (exact) mass is 952 g/mol. The van der Waals surface area contributed by atoms with Crippen LogP contribution in [0.1, 0.15) is 98.6 Å². The van der Waals surface area contributed by atoms with Crippen molar-refractivity contribution in [3.8, 4) is 51.5 Å². The van der Waals surface area contributed by atoms with E-state index in [1.54, 1.807) is 76.4 Å². The number of esters is 1. The average Bonchev–Trinajstić information content (AvgIpc) is 4.10. The molecule has 2 atom stereocenters. The lowest BCUT2D eigenvalue weighted by Gasteiger charge is -2.38. The van der Waals surface area contributed by atoms with Crippen LogP contribution in [0.2, 0.25) is 0 Å². The van der Waals surface area contributed by atoms with Crippen LogP contribution >= 0.6 is 0 Å². The molecule has 4 aliphatic rings. The number of aromatic hydroxyl groups is 3. The fraction of sp³-hybridized carbons (Fsp3) is 0.373. The molecular formula is C51H52N8O11. The van der Waals surface area contributed by atoms with E-state index < -0.39 is 29.6 Å². The molecule has 0 radical (unpaired) electrons. The largest absolute Gasteiger partial charge is 0.508 e. The first kappa shape index (κ1) is 45.8. The number of ether oxygens (including phenoxy) is 3. The number of benzene rings is 3. The molecule has 3 aromatic carbocycles. The predicted octanol–water partition coefficient (Wildman–Crippen LogP) is 6.00. The van der Waals surface area contributed by atoms with Gasteiger partial charge in [0.15, 0.2) is 5.82 Å². The Bertz CT molecular complexity index is 3180. The highest BCUT2D eigenvalue weighted by Gasteiger charge is 2.52. The van der Waals surface area contributed by atoms with Gasteiger partial charge in [-0.25, -0.2) is 14.6 Å². The topological polar surface area (TPSA) is 241 Å². The molecule has 6 aromatic rings. The third-order valence-electron chi connectivity index (χ3n) is 13.9. The normalized spacial score (nSPS) is 18.6. The number of piperidine rings is 1. The van der Waals surface area contributed by atoms with Crippen molar-refractivity contribution in [1.29, 1.82) is 0 Å². The fourth-order valence-electron chi connectivity index (χ4n) is 10.2. The Morgan fingerprint density at radius 1 is 0.914 bits per heavy atom. The summed E-state index contributed by atoms with van der Waals surface area (Å²) in [6.45, 7) is 8.55. The molecule has 4 aliphatic heterocycles. The lowest BCUT2D eigenvalue weighted by atomic mass is 9.85. The third kappa shape index (κ3) is 7.78. The standard InChI is InChI=1S/C51H52N8O11/c1-5-51(37-23-40-43-29(20-28-21-31(60)11-14-38(28)53-43)25-58(40)47(64)36(37)26-68-49(51)66)70-50(67)57-17-7-8-39(57)48(65)56-18-15-33(16-19-56)69-32-12-9-30(10-13-32)59-44(54-55-45(59)46(63)52-6-2)35-22-34(27(3)4)41(61)24-42(35)62/h9-14,20-24,27,33,39,60-62H,5-8,15-19,25-26H2,1-4H3,(H,52,63)/t39-,51-/m0/s1. The molecule has 2 saturated heterocycles. The Labute approximate surface area is 401 Å². The van der Waals surface area contributed by atoms with Gasteiger partial charge in [-0.15, -0.1) is 10.2 Å². The van der Waals surface area contributed by atoms with Crippen LogP contribution in [0.5, 0.6) is 23.0 Å². The van der Waals surface area contributed by atoms with Crippen molar-refractivity contribution in [3.63, 3.8) is 0 Å². The summed E-state index contributed by atoms with van der Waals surface area (Å²) in [5.74, 6) is -1.00. The second-order valence-electron chi connectivity index (χ2n) is 18.4. The number of pyridine rings is 2. The second kappa shape index (κ2) is 17.8. The highest BCUT2D eigenvalue weighted by molar-refractivity contribution is 5.93. The number of aromatic nitrogens is 5. The summed E-state index contributed by atoms with van der Waals surface area (Å²) in [7, 11) is 0. The van der Waals surface area contributed by atoms with Crippen LogP contribution < -0.4 is 15.6 Å². The number of fused-ring (bicyclic) bond motifs is 5. The van der Waals surface area contributed by atoms with E-state index in [0.717, 1.165) is 5.56 Å². The van der Waals surface area contributed by atoms with Gasteiger partial charge in [-0.2, -0.15) is 0 Å². The second-order valence-corrected chi connectivity index (χ2v) is 18.4. The lowest BCUT2D eigenvalue weighted by Crippen LogP contribution is -2.54. The first-order valence-electron chi connectivity index (χ1n) is 23.6. The number of carbonyl (C=O) groups excluding carboxylic acids is 4. The van der Waals surface area contributed by atoms with Gasteiger partial charge in [0.25, 0.3) is 11.5 Å². The van der Waals surface area contributed by atoms with Gasteiger partial charge >= 0.3 is 12.1 Å². The molecule has 10 rings (SSSR count). The molecule has 362 valence electrons. The maximum atomic E-state index is 14.3. The number of phenols is 3. The van der Waals surface area contributed by atoms with Crippen LogP contribution in [0.25, 0.3) is 39.4 Å². The van der Waals surface area contributed by atoms with Crippen molar-refractivity contribution in [2.45, 2.75) is 96.6 Å². The van der Waals surface area contributed by atoms with Crippen LogP contribution in [0, 0.1) is 0 Å². The number of nitrogens with zero attached hydrogens (tertiary/aromatic N) is 7. The van der Waals surface area contributed by atoms with E-state index in [4.69, 9.17) is 19.2 Å². The summed E-state index contributed by atoms with van der Waals surface area (Å²) in [5, 5.41) is 43.4. The van der Waals surface area contributed by atoms with Crippen LogP contribution in [-0.2, 0) is 37.8 Å². The van der Waals surface area contributed by atoms with Crippen LogP contribution in [0.3, 0.4) is 0 Å². The van der Waals surface area contributed by atoms with E-state index in [0.29, 0.717) is 84.6 Å². The van der Waals surface area contributed by atoms with E-state index in [1.807, 2.05) is 19.9 Å². The zero-order chi connectivity index (χ0) is 49.2. The molecule has 3 amide bonds. The smallest absolute Gasteiger partial charge is 0.411 e. The van der Waals surface area contributed by atoms with Crippen LogP contribution in [-0.4, -0.2) is 112 Å². The number of carbonyl (C=O) groups is 4. The Hall–Kier alpha value is -7.96. The zero-order valence-electron chi connectivity index (χ0n) is 39.1. The Balaban J connectivity index is 0.821. The fourth-order valence-corrected chi connectivity index (χ4v) is 10.2. The summed E-state index contributed by atoms with van der Waals surface area (Å²) in [6, 6.07) is 17.5. The van der Waals surface area contributed by atoms with Gasteiger partial charge in [-0.05, 0) is 98.3 Å². The number of amides is 3. The highest BCUT2D eigenvalue weighted by atomic mass is 16.6. The van der Waals surface area contributed by atoms with E-state index in [9.17, 15) is 39.3 Å². The summed E-state index contributed by atoms with van der Waals surface area (Å²) in [4.78, 5) is 77.4. The van der Waals surface area contributed by atoms with Crippen molar-refractivity contribution in [2.24, 2.45) is 0 Å². The van der Waals surface area contributed by atoms with Gasteiger partial charge in [0.05, 0.1) is 34.6 Å². The minimum Gasteiger partial charge on any atom is -0.508 e. The molecule has 2 fully saturated rings. The van der Waals surface area contributed by atoms with Gasteiger partial charge < -0.3 is 44.3 Å². The average molecular weight is 953 g/mol. The summed E-state index contributed by atoms with van der Waals surface area (Å²) in [6.07, 6.45) is 0.847. The van der Waals surface area contributed by atoms with Gasteiger partial charge in [0, 0.05) is 67.3 Å². The minimum atomic E-state index is -1.95. The molecule has 19 nitrogen and oxygen atoms in total. The van der Waals surface area contributed by atoms with Crippen molar-refractivity contribution in [1.82, 2.24) is 39.4 Å².